The number of nitrogens with zero attached hydrogens (tertiary/aromatic N) is 2. The summed E-state index contributed by atoms with van der Waals surface area (Å²) in [6, 6.07) is -0.0425. The first kappa shape index (κ1) is 14.2. The fraction of sp³-hybridized carbons (Fsp3) is 0.818. The molecule has 98 valence electrons. The van der Waals surface area contributed by atoms with Crippen molar-refractivity contribution in [2.75, 3.05) is 45.2 Å². The summed E-state index contributed by atoms with van der Waals surface area (Å²) in [5.41, 5.74) is 0. The number of thioether (sulfide) groups is 1. The molecule has 3 amide bonds. The molecule has 1 saturated heterocycles. The van der Waals surface area contributed by atoms with Crippen LogP contribution in [0.5, 0.6) is 0 Å². The van der Waals surface area contributed by atoms with Crippen LogP contribution in [0.1, 0.15) is 12.8 Å². The van der Waals surface area contributed by atoms with E-state index in [1.54, 1.807) is 14.1 Å². The Kier molecular flexibility index (Phi) is 6.18. The minimum atomic E-state index is -0.0425. The van der Waals surface area contributed by atoms with Crippen LogP contribution in [0.15, 0.2) is 0 Å². The zero-order valence-electron chi connectivity index (χ0n) is 10.6. The van der Waals surface area contributed by atoms with E-state index >= 15 is 0 Å². The van der Waals surface area contributed by atoms with Crippen molar-refractivity contribution in [1.29, 1.82) is 0 Å². The predicted octanol–water partition coefficient (Wildman–Crippen LogP) is 0.613. The smallest absolute Gasteiger partial charge is 0.317 e. The lowest BCUT2D eigenvalue weighted by Crippen LogP contribution is -2.42. The topological polar surface area (TPSA) is 52.7 Å². The minimum absolute atomic E-state index is 0.0386. The lowest BCUT2D eigenvalue weighted by Gasteiger charge is -2.20. The maximum Gasteiger partial charge on any atom is 0.317 e. The van der Waals surface area contributed by atoms with Crippen molar-refractivity contribution in [1.82, 2.24) is 15.1 Å². The fourth-order valence-electron chi connectivity index (χ4n) is 1.56. The Balaban J connectivity index is 2.21. The largest absolute Gasteiger partial charge is 0.349 e. The third kappa shape index (κ3) is 5.30. The molecule has 0 unspecified atom stereocenters. The first-order chi connectivity index (χ1) is 8.11. The van der Waals surface area contributed by atoms with E-state index in [2.05, 4.69) is 5.32 Å². The number of urea groups is 1. The van der Waals surface area contributed by atoms with E-state index in [4.69, 9.17) is 0 Å². The first-order valence-corrected chi connectivity index (χ1v) is 7.07. The van der Waals surface area contributed by atoms with Gasteiger partial charge in [0.25, 0.3) is 0 Å². The molecule has 0 atom stereocenters. The van der Waals surface area contributed by atoms with Gasteiger partial charge >= 0.3 is 6.03 Å². The second-order valence-electron chi connectivity index (χ2n) is 4.22. The highest BCUT2D eigenvalue weighted by Gasteiger charge is 2.15. The van der Waals surface area contributed by atoms with Gasteiger partial charge in [0.15, 0.2) is 0 Å². The zero-order valence-corrected chi connectivity index (χ0v) is 11.4. The Morgan fingerprint density at radius 2 is 2.06 bits per heavy atom. The Labute approximate surface area is 107 Å². The zero-order chi connectivity index (χ0) is 12.7. The van der Waals surface area contributed by atoms with E-state index in [-0.39, 0.29) is 11.9 Å². The molecule has 1 rings (SSSR count). The number of hydrogen-bond donors (Lipinski definition) is 1. The van der Waals surface area contributed by atoms with E-state index in [1.165, 1.54) is 4.90 Å². The molecule has 1 aliphatic heterocycles. The van der Waals surface area contributed by atoms with Gasteiger partial charge in [0.2, 0.25) is 5.91 Å². The third-order valence-corrected chi connectivity index (χ3v) is 3.67. The van der Waals surface area contributed by atoms with Crippen molar-refractivity contribution in [3.05, 3.63) is 0 Å². The van der Waals surface area contributed by atoms with Crippen molar-refractivity contribution >= 4 is 23.7 Å². The number of amides is 3. The van der Waals surface area contributed by atoms with Gasteiger partial charge in [-0.05, 0) is 12.2 Å². The molecule has 0 aliphatic carbocycles. The number of rotatable bonds is 3. The molecular weight excluding hydrogens is 238 g/mol. The summed E-state index contributed by atoms with van der Waals surface area (Å²) in [6.45, 7) is 2.04. The summed E-state index contributed by atoms with van der Waals surface area (Å²) in [7, 11) is 3.44. The molecule has 0 aromatic rings. The number of carbonyl (C=O) groups is 2. The Hall–Kier alpha value is -0.910. The maximum absolute atomic E-state index is 11.8. The van der Waals surface area contributed by atoms with Gasteiger partial charge in [0, 0.05) is 45.9 Å². The van der Waals surface area contributed by atoms with Gasteiger partial charge in [-0.2, -0.15) is 11.8 Å². The van der Waals surface area contributed by atoms with E-state index < -0.39 is 0 Å². The molecule has 0 aromatic carbocycles. The molecule has 5 nitrogen and oxygen atoms in total. The van der Waals surface area contributed by atoms with E-state index in [1.807, 2.05) is 16.7 Å². The summed E-state index contributed by atoms with van der Waals surface area (Å²) in [6.07, 6.45) is 1.41. The summed E-state index contributed by atoms with van der Waals surface area (Å²) >= 11 is 1.89. The quantitative estimate of drug-likeness (QED) is 0.808. The lowest BCUT2D eigenvalue weighted by atomic mass is 10.4. The highest BCUT2D eigenvalue weighted by atomic mass is 32.2. The monoisotopic (exact) mass is 259 g/mol. The van der Waals surface area contributed by atoms with Gasteiger partial charge in [-0.15, -0.1) is 0 Å². The van der Waals surface area contributed by atoms with Crippen molar-refractivity contribution in [3.8, 4) is 0 Å². The van der Waals surface area contributed by atoms with Gasteiger partial charge in [0.05, 0.1) is 0 Å². The van der Waals surface area contributed by atoms with Crippen LogP contribution in [0.2, 0.25) is 0 Å². The summed E-state index contributed by atoms with van der Waals surface area (Å²) in [4.78, 5) is 26.5. The highest BCUT2D eigenvalue weighted by molar-refractivity contribution is 7.99. The maximum atomic E-state index is 11.8. The average Bonchev–Trinajstić information content (AvgIpc) is 2.57. The molecule has 1 N–H and O–H groups in total. The average molecular weight is 259 g/mol. The lowest BCUT2D eigenvalue weighted by molar-refractivity contribution is -0.128. The number of nitrogens with one attached hydrogen (secondary N) is 1. The summed E-state index contributed by atoms with van der Waals surface area (Å²) < 4.78 is 0. The van der Waals surface area contributed by atoms with Gasteiger partial charge in [-0.3, -0.25) is 4.79 Å². The molecule has 6 heteroatoms. The standard InChI is InChI=1S/C11H21N3O2S/c1-13(2)10(15)4-5-12-11(16)14-6-3-8-17-9-7-14/h3-9H2,1-2H3,(H,12,16). The molecule has 0 saturated carbocycles. The van der Waals surface area contributed by atoms with Crippen LogP contribution in [0, 0.1) is 0 Å². The molecule has 17 heavy (non-hydrogen) atoms. The fourth-order valence-corrected chi connectivity index (χ4v) is 2.45. The van der Waals surface area contributed by atoms with Crippen LogP contribution in [0.25, 0.3) is 0 Å². The van der Waals surface area contributed by atoms with Crippen molar-refractivity contribution in [2.45, 2.75) is 12.8 Å². The minimum Gasteiger partial charge on any atom is -0.349 e. The normalized spacial score (nSPS) is 16.2. The number of hydrogen-bond acceptors (Lipinski definition) is 3. The first-order valence-electron chi connectivity index (χ1n) is 5.92. The molecule has 1 heterocycles. The molecular formula is C11H21N3O2S. The predicted molar refractivity (Wildman–Crippen MR) is 70.2 cm³/mol. The van der Waals surface area contributed by atoms with Crippen LogP contribution in [0.3, 0.4) is 0 Å². The van der Waals surface area contributed by atoms with E-state index in [0.717, 1.165) is 31.0 Å². The van der Waals surface area contributed by atoms with Gasteiger partial charge in [0.1, 0.15) is 0 Å². The van der Waals surface area contributed by atoms with Crippen LogP contribution in [-0.2, 0) is 4.79 Å². The van der Waals surface area contributed by atoms with Crippen LogP contribution in [0.4, 0.5) is 4.79 Å². The van der Waals surface area contributed by atoms with Gasteiger partial charge < -0.3 is 15.1 Å². The molecule has 1 aliphatic rings. The van der Waals surface area contributed by atoms with Crippen molar-refractivity contribution in [3.63, 3.8) is 0 Å². The number of carbonyl (C=O) groups excluding carboxylic acids is 2. The second-order valence-corrected chi connectivity index (χ2v) is 5.45. The highest BCUT2D eigenvalue weighted by Crippen LogP contribution is 2.09. The van der Waals surface area contributed by atoms with Crippen molar-refractivity contribution in [2.24, 2.45) is 0 Å². The van der Waals surface area contributed by atoms with E-state index in [9.17, 15) is 9.59 Å². The van der Waals surface area contributed by atoms with Gasteiger partial charge in [-0.25, -0.2) is 4.79 Å². The molecule has 0 aromatic heterocycles. The molecule has 0 spiro atoms. The van der Waals surface area contributed by atoms with Crippen LogP contribution >= 0.6 is 11.8 Å². The molecule has 0 bridgehead atoms. The summed E-state index contributed by atoms with van der Waals surface area (Å²) in [5.74, 6) is 2.17. The molecule has 1 fully saturated rings. The second kappa shape index (κ2) is 7.42. The van der Waals surface area contributed by atoms with Gasteiger partial charge in [-0.1, -0.05) is 0 Å². The Bertz CT molecular complexity index is 263. The van der Waals surface area contributed by atoms with Crippen LogP contribution in [-0.4, -0.2) is 67.0 Å². The van der Waals surface area contributed by atoms with E-state index in [0.29, 0.717) is 13.0 Å². The van der Waals surface area contributed by atoms with Crippen LogP contribution < -0.4 is 5.32 Å². The Morgan fingerprint density at radius 3 is 2.76 bits per heavy atom. The SMILES string of the molecule is CN(C)C(=O)CCNC(=O)N1CCCSCC1. The Morgan fingerprint density at radius 1 is 1.29 bits per heavy atom. The third-order valence-electron chi connectivity index (χ3n) is 2.62. The summed E-state index contributed by atoms with van der Waals surface area (Å²) in [5, 5.41) is 2.80. The van der Waals surface area contributed by atoms with Crippen molar-refractivity contribution < 1.29 is 9.59 Å². The molecule has 0 radical (unpaired) electrons.